The van der Waals surface area contributed by atoms with E-state index in [1.54, 1.807) is 31.4 Å². The van der Waals surface area contributed by atoms with Crippen LogP contribution < -0.4 is 5.32 Å². The number of amides is 1. The number of hydrogen-bond acceptors (Lipinski definition) is 5. The van der Waals surface area contributed by atoms with E-state index in [4.69, 9.17) is 9.47 Å². The Morgan fingerprint density at radius 3 is 2.48 bits per heavy atom. The molecule has 0 bridgehead atoms. The highest BCUT2D eigenvalue weighted by Crippen LogP contribution is 2.16. The third-order valence-electron chi connectivity index (χ3n) is 4.70. The lowest BCUT2D eigenvalue weighted by atomic mass is 10.1. The third kappa shape index (κ3) is 6.20. The number of aromatic nitrogens is 1. The molecule has 0 radical (unpaired) electrons. The minimum Gasteiger partial charge on any atom is -0.462 e. The first-order valence-electron chi connectivity index (χ1n) is 9.64. The van der Waals surface area contributed by atoms with Crippen LogP contribution in [0.3, 0.4) is 0 Å². The Hall–Kier alpha value is -3.09. The number of esters is 2. The molecule has 0 spiro atoms. The van der Waals surface area contributed by atoms with Crippen molar-refractivity contribution in [2.24, 2.45) is 0 Å². The summed E-state index contributed by atoms with van der Waals surface area (Å²) in [5.41, 5.74) is 4.13. The Morgan fingerprint density at radius 1 is 1.07 bits per heavy atom. The van der Waals surface area contributed by atoms with E-state index >= 15 is 0 Å². The van der Waals surface area contributed by atoms with Crippen molar-refractivity contribution in [2.45, 2.75) is 40.7 Å². The molecule has 156 valence electrons. The molecule has 1 amide bonds. The summed E-state index contributed by atoms with van der Waals surface area (Å²) in [7, 11) is 0. The van der Waals surface area contributed by atoms with Gasteiger partial charge in [-0.25, -0.2) is 4.79 Å². The third-order valence-corrected chi connectivity index (χ3v) is 4.70. The average Bonchev–Trinajstić information content (AvgIpc) is 2.96. The molecule has 0 atom stereocenters. The maximum absolute atomic E-state index is 12.1. The van der Waals surface area contributed by atoms with Gasteiger partial charge < -0.3 is 19.4 Å². The van der Waals surface area contributed by atoms with Crippen LogP contribution >= 0.6 is 0 Å². The minimum absolute atomic E-state index is 0.0758. The fourth-order valence-electron chi connectivity index (χ4n) is 3.06. The predicted octanol–water partition coefficient (Wildman–Crippen LogP) is 2.49. The zero-order chi connectivity index (χ0) is 21.4. The molecule has 0 aliphatic rings. The number of aryl methyl sites for hydroxylation is 2. The predicted molar refractivity (Wildman–Crippen MR) is 109 cm³/mol. The highest BCUT2D eigenvalue weighted by Gasteiger charge is 2.19. The van der Waals surface area contributed by atoms with Crippen molar-refractivity contribution in [2.75, 3.05) is 19.8 Å². The first-order valence-corrected chi connectivity index (χ1v) is 9.64. The summed E-state index contributed by atoms with van der Waals surface area (Å²) in [6.07, 6.45) is 0.713. The van der Waals surface area contributed by atoms with Gasteiger partial charge in [-0.1, -0.05) is 24.3 Å². The molecule has 1 N–H and O–H groups in total. The number of ether oxygens (including phenoxy) is 2. The maximum Gasteiger partial charge on any atom is 0.339 e. The van der Waals surface area contributed by atoms with Crippen LogP contribution in [0.4, 0.5) is 0 Å². The van der Waals surface area contributed by atoms with Crippen molar-refractivity contribution >= 4 is 17.8 Å². The van der Waals surface area contributed by atoms with Crippen molar-refractivity contribution < 1.29 is 23.9 Å². The highest BCUT2D eigenvalue weighted by molar-refractivity contribution is 5.91. The van der Waals surface area contributed by atoms with Gasteiger partial charge in [-0.15, -0.1) is 0 Å². The molecular weight excluding hydrogens is 372 g/mol. The van der Waals surface area contributed by atoms with Crippen LogP contribution in [0.25, 0.3) is 0 Å². The number of carbonyl (C=O) groups excluding carboxylic acids is 3. The van der Waals surface area contributed by atoms with E-state index in [-0.39, 0.29) is 25.7 Å². The second-order valence-electron chi connectivity index (χ2n) is 6.78. The molecule has 0 saturated carbocycles. The SMILES string of the molecule is CCOC(=O)c1cc(C)n(CC(=O)OCC(=O)NCCc2ccccc2C)c1C. The van der Waals surface area contributed by atoms with E-state index in [1.165, 1.54) is 11.1 Å². The molecule has 7 heteroatoms. The summed E-state index contributed by atoms with van der Waals surface area (Å²) in [5.74, 6) is -1.32. The Labute approximate surface area is 171 Å². The van der Waals surface area contributed by atoms with Gasteiger partial charge in [0.15, 0.2) is 6.61 Å². The lowest BCUT2D eigenvalue weighted by Crippen LogP contribution is -2.31. The second-order valence-corrected chi connectivity index (χ2v) is 6.78. The lowest BCUT2D eigenvalue weighted by molar-refractivity contribution is -0.149. The van der Waals surface area contributed by atoms with Gasteiger partial charge >= 0.3 is 11.9 Å². The van der Waals surface area contributed by atoms with Gasteiger partial charge in [-0.2, -0.15) is 0 Å². The Balaban J connectivity index is 1.80. The molecule has 0 aliphatic heterocycles. The molecule has 0 unspecified atom stereocenters. The van der Waals surface area contributed by atoms with Gasteiger partial charge in [-0.05, 0) is 51.3 Å². The van der Waals surface area contributed by atoms with E-state index < -0.39 is 11.9 Å². The fraction of sp³-hybridized carbons (Fsp3) is 0.409. The summed E-state index contributed by atoms with van der Waals surface area (Å²) in [5, 5.41) is 2.75. The van der Waals surface area contributed by atoms with Crippen LogP contribution in [-0.4, -0.2) is 42.2 Å². The molecule has 0 aliphatic carbocycles. The summed E-state index contributed by atoms with van der Waals surface area (Å²) < 4.78 is 11.8. The Bertz CT molecular complexity index is 885. The van der Waals surface area contributed by atoms with Crippen LogP contribution in [0.2, 0.25) is 0 Å². The second kappa shape index (κ2) is 10.5. The van der Waals surface area contributed by atoms with Crippen molar-refractivity contribution in [3.8, 4) is 0 Å². The molecule has 29 heavy (non-hydrogen) atoms. The van der Waals surface area contributed by atoms with E-state index in [1.807, 2.05) is 31.2 Å². The van der Waals surface area contributed by atoms with Gasteiger partial charge in [-0.3, -0.25) is 9.59 Å². The van der Waals surface area contributed by atoms with E-state index in [0.717, 1.165) is 5.69 Å². The summed E-state index contributed by atoms with van der Waals surface area (Å²) in [4.78, 5) is 36.0. The monoisotopic (exact) mass is 400 g/mol. The van der Waals surface area contributed by atoms with Crippen molar-refractivity contribution in [3.05, 3.63) is 58.4 Å². The van der Waals surface area contributed by atoms with Crippen molar-refractivity contribution in [1.82, 2.24) is 9.88 Å². The number of nitrogens with zero attached hydrogens (tertiary/aromatic N) is 1. The first-order chi connectivity index (χ1) is 13.8. The molecule has 0 saturated heterocycles. The molecule has 0 fully saturated rings. The largest absolute Gasteiger partial charge is 0.462 e. The average molecular weight is 400 g/mol. The molecule has 7 nitrogen and oxygen atoms in total. The molecule has 2 aromatic rings. The van der Waals surface area contributed by atoms with Crippen LogP contribution in [0.15, 0.2) is 30.3 Å². The number of nitrogens with one attached hydrogen (secondary N) is 1. The Morgan fingerprint density at radius 2 is 1.79 bits per heavy atom. The van der Waals surface area contributed by atoms with Gasteiger partial charge in [0.05, 0.1) is 12.2 Å². The number of hydrogen-bond donors (Lipinski definition) is 1. The van der Waals surface area contributed by atoms with Crippen LogP contribution in [0.1, 0.15) is 39.8 Å². The lowest BCUT2D eigenvalue weighted by Gasteiger charge is -2.11. The number of carbonyl (C=O) groups is 3. The van der Waals surface area contributed by atoms with E-state index in [2.05, 4.69) is 5.32 Å². The van der Waals surface area contributed by atoms with Gasteiger partial charge in [0.1, 0.15) is 6.54 Å². The summed E-state index contributed by atoms with van der Waals surface area (Å²) >= 11 is 0. The van der Waals surface area contributed by atoms with E-state index in [0.29, 0.717) is 24.2 Å². The van der Waals surface area contributed by atoms with Gasteiger partial charge in [0.25, 0.3) is 5.91 Å². The zero-order valence-electron chi connectivity index (χ0n) is 17.4. The van der Waals surface area contributed by atoms with Crippen LogP contribution in [-0.2, 0) is 32.0 Å². The highest BCUT2D eigenvalue weighted by atomic mass is 16.5. The fourth-order valence-corrected chi connectivity index (χ4v) is 3.06. The Kier molecular flexibility index (Phi) is 8.00. The minimum atomic E-state index is -0.545. The zero-order valence-corrected chi connectivity index (χ0v) is 17.4. The van der Waals surface area contributed by atoms with Crippen LogP contribution in [0.5, 0.6) is 0 Å². The van der Waals surface area contributed by atoms with E-state index in [9.17, 15) is 14.4 Å². The number of benzene rings is 1. The normalized spacial score (nSPS) is 10.5. The smallest absolute Gasteiger partial charge is 0.339 e. The van der Waals surface area contributed by atoms with Crippen LogP contribution in [0, 0.1) is 20.8 Å². The molecule has 2 rings (SSSR count). The summed E-state index contributed by atoms with van der Waals surface area (Å²) in [6, 6.07) is 9.66. The molecule has 1 heterocycles. The molecule has 1 aromatic heterocycles. The number of rotatable bonds is 9. The van der Waals surface area contributed by atoms with Gasteiger partial charge in [0.2, 0.25) is 0 Å². The standard InChI is InChI=1S/C22H28N2O5/c1-5-28-22(27)19-12-16(3)24(17(19)4)13-21(26)29-14-20(25)23-11-10-18-9-7-6-8-15(18)2/h6-9,12H,5,10-11,13-14H2,1-4H3,(H,23,25). The topological polar surface area (TPSA) is 86.6 Å². The molecular formula is C22H28N2O5. The van der Waals surface area contributed by atoms with Gasteiger partial charge in [0, 0.05) is 17.9 Å². The van der Waals surface area contributed by atoms with Crippen molar-refractivity contribution in [3.63, 3.8) is 0 Å². The van der Waals surface area contributed by atoms with Crippen molar-refractivity contribution in [1.29, 1.82) is 0 Å². The quantitative estimate of drug-likeness (QED) is 0.654. The first kappa shape index (κ1) is 22.2. The maximum atomic E-state index is 12.1. The molecule has 1 aromatic carbocycles. The summed E-state index contributed by atoms with van der Waals surface area (Å²) in [6.45, 7) is 7.64.